The number of hydrogen-bond acceptors (Lipinski definition) is 1. The quantitative estimate of drug-likeness (QED) is 0.304. The molecule has 0 rings (SSSR count). The highest BCUT2D eigenvalue weighted by Crippen LogP contribution is 1.66. The fraction of sp³-hybridized carbons (Fsp3) is 0.286. The van der Waals surface area contributed by atoms with Gasteiger partial charge in [0.2, 0.25) is 0 Å². The molecule has 0 spiro atoms. The number of nitrogens with one attached hydrogen (secondary N) is 1. The predicted octanol–water partition coefficient (Wildman–Crippen LogP) is -0.600. The van der Waals surface area contributed by atoms with Gasteiger partial charge in [0.05, 0.1) is 20.3 Å². The molecule has 0 unspecified atom stereocenters. The summed E-state index contributed by atoms with van der Waals surface area (Å²) in [7, 11) is 4.01. The molecule has 0 aliphatic carbocycles. The number of carbonyl (C=O) groups is 1. The molecule has 0 heterocycles. The zero-order valence-electron chi connectivity index (χ0n) is 5.79. The molecule has 9 heavy (non-hydrogen) atoms. The van der Waals surface area contributed by atoms with E-state index in [1.165, 1.54) is 11.0 Å². The summed E-state index contributed by atoms with van der Waals surface area (Å²) in [5.41, 5.74) is 0. The Labute approximate surface area is 55.5 Å². The van der Waals surface area contributed by atoms with Crippen LogP contribution < -0.4 is 4.90 Å². The molecule has 1 N–H and O–H groups in total. The Kier molecular flexibility index (Phi) is 4.73. The maximum Gasteiger partial charge on any atom is 0.142 e. The molecule has 2 heteroatoms. The van der Waals surface area contributed by atoms with Gasteiger partial charge in [-0.25, -0.2) is 0 Å². The normalized spacial score (nSPS) is 11.9. The van der Waals surface area contributed by atoms with Gasteiger partial charge in [0.1, 0.15) is 6.29 Å². The summed E-state index contributed by atoms with van der Waals surface area (Å²) in [6, 6.07) is 0. The van der Waals surface area contributed by atoms with Crippen molar-refractivity contribution >= 4 is 6.29 Å². The Bertz CT molecular complexity index is 125. The van der Waals surface area contributed by atoms with Crippen LogP contribution in [0.25, 0.3) is 0 Å². The van der Waals surface area contributed by atoms with Crippen LogP contribution in [0.5, 0.6) is 0 Å². The van der Waals surface area contributed by atoms with E-state index in [1.807, 2.05) is 26.4 Å². The molecule has 0 saturated heterocycles. The van der Waals surface area contributed by atoms with Gasteiger partial charge < -0.3 is 4.90 Å². The minimum absolute atomic E-state index is 0.759. The van der Waals surface area contributed by atoms with Crippen molar-refractivity contribution in [3.8, 4) is 0 Å². The number of rotatable bonds is 3. The second-order valence-electron chi connectivity index (χ2n) is 1.96. The van der Waals surface area contributed by atoms with E-state index in [4.69, 9.17) is 0 Å². The molecule has 0 radical (unpaired) electrons. The first kappa shape index (κ1) is 8.11. The van der Waals surface area contributed by atoms with Crippen LogP contribution in [0.4, 0.5) is 0 Å². The van der Waals surface area contributed by atoms with E-state index in [9.17, 15) is 4.79 Å². The Morgan fingerprint density at radius 3 is 2.22 bits per heavy atom. The molecule has 0 saturated carbocycles. The lowest BCUT2D eigenvalue weighted by Crippen LogP contribution is -3.00. The molecule has 0 aromatic carbocycles. The van der Waals surface area contributed by atoms with E-state index in [1.54, 1.807) is 6.08 Å². The maximum absolute atomic E-state index is 9.72. The smallest absolute Gasteiger partial charge is 0.142 e. The van der Waals surface area contributed by atoms with E-state index in [0.29, 0.717) is 0 Å². The lowest BCUT2D eigenvalue weighted by molar-refractivity contribution is -0.801. The first-order valence-corrected chi connectivity index (χ1v) is 2.86. The number of carbonyl (C=O) groups excluding carboxylic acids is 1. The molecule has 0 amide bonds. The van der Waals surface area contributed by atoms with Crippen LogP contribution in [-0.2, 0) is 4.79 Å². The number of hydrogen-bond donors (Lipinski definition) is 1. The minimum Gasteiger partial charge on any atom is -0.314 e. The summed E-state index contributed by atoms with van der Waals surface area (Å²) >= 11 is 0. The van der Waals surface area contributed by atoms with Gasteiger partial charge in [-0.2, -0.15) is 0 Å². The van der Waals surface area contributed by atoms with Crippen LogP contribution in [0, 0.1) is 0 Å². The Morgan fingerprint density at radius 2 is 1.78 bits per heavy atom. The maximum atomic E-state index is 9.72. The third-order valence-electron chi connectivity index (χ3n) is 0.730. The molecule has 0 bridgehead atoms. The molecular weight excluding hydrogens is 114 g/mol. The minimum atomic E-state index is 0.759. The van der Waals surface area contributed by atoms with E-state index >= 15 is 0 Å². The van der Waals surface area contributed by atoms with Crippen molar-refractivity contribution in [3.05, 3.63) is 24.4 Å². The topological polar surface area (TPSA) is 21.5 Å². The highest BCUT2D eigenvalue weighted by atomic mass is 16.1. The fourth-order valence-electron chi connectivity index (χ4n) is 0.358. The molecule has 0 aromatic heterocycles. The van der Waals surface area contributed by atoms with Crippen molar-refractivity contribution in [2.75, 3.05) is 14.1 Å². The lowest BCUT2D eigenvalue weighted by Gasteiger charge is -1.93. The van der Waals surface area contributed by atoms with E-state index in [-0.39, 0.29) is 0 Å². The van der Waals surface area contributed by atoms with Crippen LogP contribution in [-0.4, -0.2) is 20.4 Å². The molecule has 2 nitrogen and oxygen atoms in total. The van der Waals surface area contributed by atoms with Crippen LogP contribution >= 0.6 is 0 Å². The number of allylic oxidation sites excluding steroid dienone is 3. The third kappa shape index (κ3) is 7.11. The first-order chi connectivity index (χ1) is 4.27. The van der Waals surface area contributed by atoms with E-state index < -0.39 is 0 Å². The van der Waals surface area contributed by atoms with Gasteiger partial charge in [-0.3, -0.25) is 4.79 Å². The highest BCUT2D eigenvalue weighted by Gasteiger charge is 1.75. The molecule has 0 atom stereocenters. The molecule has 0 fully saturated rings. The average Bonchev–Trinajstić information content (AvgIpc) is 1.80. The zero-order chi connectivity index (χ0) is 7.11. The largest absolute Gasteiger partial charge is 0.314 e. The molecule has 0 aliphatic rings. The van der Waals surface area contributed by atoms with Gasteiger partial charge in [-0.15, -0.1) is 0 Å². The first-order valence-electron chi connectivity index (χ1n) is 2.86. The zero-order valence-corrected chi connectivity index (χ0v) is 5.79. The third-order valence-corrected chi connectivity index (χ3v) is 0.730. The fourth-order valence-corrected chi connectivity index (χ4v) is 0.358. The van der Waals surface area contributed by atoms with Gasteiger partial charge in [0, 0.05) is 0 Å². The SMILES string of the molecule is C[NH+](C)/C=C/C=C/C=O. The molecule has 0 aliphatic heterocycles. The van der Waals surface area contributed by atoms with Crippen molar-refractivity contribution in [1.82, 2.24) is 0 Å². The Hall–Kier alpha value is -0.890. The standard InChI is InChI=1S/C7H11NO/c1-8(2)6-4-3-5-7-9/h3-7H,1-2H3/p+1/b5-3+,6-4+. The van der Waals surface area contributed by atoms with Crippen molar-refractivity contribution < 1.29 is 9.69 Å². The molecular formula is C7H12NO+. The summed E-state index contributed by atoms with van der Waals surface area (Å²) < 4.78 is 0. The lowest BCUT2D eigenvalue weighted by atomic mass is 10.5. The van der Waals surface area contributed by atoms with Gasteiger partial charge in [0.15, 0.2) is 0 Å². The number of aldehydes is 1. The van der Waals surface area contributed by atoms with Crippen molar-refractivity contribution in [2.45, 2.75) is 0 Å². The van der Waals surface area contributed by atoms with Gasteiger partial charge in [-0.1, -0.05) is 6.08 Å². The summed E-state index contributed by atoms with van der Waals surface area (Å²) in [6.45, 7) is 0. The molecule has 50 valence electrons. The van der Waals surface area contributed by atoms with Crippen molar-refractivity contribution in [1.29, 1.82) is 0 Å². The summed E-state index contributed by atoms with van der Waals surface area (Å²) in [5, 5.41) is 0. The second kappa shape index (κ2) is 5.25. The van der Waals surface area contributed by atoms with Crippen LogP contribution in [0.15, 0.2) is 24.4 Å². The Balaban J connectivity index is 3.46. The van der Waals surface area contributed by atoms with Gasteiger partial charge in [0.25, 0.3) is 0 Å². The van der Waals surface area contributed by atoms with Gasteiger partial charge in [-0.05, 0) is 12.2 Å². The highest BCUT2D eigenvalue weighted by molar-refractivity contribution is 5.65. The van der Waals surface area contributed by atoms with Crippen molar-refractivity contribution in [2.24, 2.45) is 0 Å². The van der Waals surface area contributed by atoms with E-state index in [0.717, 1.165) is 6.29 Å². The monoisotopic (exact) mass is 126 g/mol. The van der Waals surface area contributed by atoms with Crippen molar-refractivity contribution in [3.63, 3.8) is 0 Å². The Morgan fingerprint density at radius 1 is 1.11 bits per heavy atom. The van der Waals surface area contributed by atoms with Gasteiger partial charge >= 0.3 is 0 Å². The summed E-state index contributed by atoms with van der Waals surface area (Å²) in [5.74, 6) is 0. The van der Waals surface area contributed by atoms with E-state index in [2.05, 4.69) is 0 Å². The average molecular weight is 126 g/mol. The number of quaternary nitrogens is 1. The summed E-state index contributed by atoms with van der Waals surface area (Å²) in [6.07, 6.45) is 7.71. The van der Waals surface area contributed by atoms with Crippen LogP contribution in [0.2, 0.25) is 0 Å². The molecule has 0 aromatic rings. The van der Waals surface area contributed by atoms with Crippen LogP contribution in [0.3, 0.4) is 0 Å². The summed E-state index contributed by atoms with van der Waals surface area (Å²) in [4.78, 5) is 10.9. The second-order valence-corrected chi connectivity index (χ2v) is 1.96. The predicted molar refractivity (Wildman–Crippen MR) is 37.2 cm³/mol. The van der Waals surface area contributed by atoms with Crippen LogP contribution in [0.1, 0.15) is 0 Å².